The Labute approximate surface area is 179 Å². The molecule has 0 saturated carbocycles. The SMILES string of the molecule is COC(=O)C1=C(C)N=C2SC(C#N)=C(N)N2[C@H]1c1ccc(-c2ccc(Br)cc2)o1. The van der Waals surface area contributed by atoms with Crippen LogP contribution in [0.1, 0.15) is 18.7 Å². The minimum Gasteiger partial charge on any atom is -0.466 e. The average Bonchev–Trinajstić information content (AvgIpc) is 3.32. The molecule has 0 radical (unpaired) electrons. The van der Waals surface area contributed by atoms with Crippen molar-refractivity contribution in [3.05, 3.63) is 68.6 Å². The molecular formula is C20H15BrN4O3S. The number of thioether (sulfide) groups is 1. The zero-order valence-electron chi connectivity index (χ0n) is 15.5. The lowest BCUT2D eigenvalue weighted by molar-refractivity contribution is -0.136. The maximum Gasteiger partial charge on any atom is 0.338 e. The third-order valence-corrected chi connectivity index (χ3v) is 6.11. The van der Waals surface area contributed by atoms with Crippen molar-refractivity contribution in [2.75, 3.05) is 7.11 Å². The van der Waals surface area contributed by atoms with Crippen LogP contribution in [0.5, 0.6) is 0 Å². The van der Waals surface area contributed by atoms with E-state index in [-0.39, 0.29) is 5.82 Å². The van der Waals surface area contributed by atoms with Gasteiger partial charge in [-0.3, -0.25) is 4.90 Å². The number of nitriles is 1. The van der Waals surface area contributed by atoms with E-state index in [1.807, 2.05) is 30.3 Å². The first-order valence-corrected chi connectivity index (χ1v) is 10.2. The number of carbonyl (C=O) groups is 1. The predicted molar refractivity (Wildman–Crippen MR) is 113 cm³/mol. The fourth-order valence-corrected chi connectivity index (χ4v) is 4.43. The number of benzene rings is 1. The van der Waals surface area contributed by atoms with Crippen LogP contribution < -0.4 is 5.73 Å². The van der Waals surface area contributed by atoms with Crippen LogP contribution in [0.4, 0.5) is 0 Å². The molecule has 3 heterocycles. The summed E-state index contributed by atoms with van der Waals surface area (Å²) in [6, 6.07) is 12.7. The first-order chi connectivity index (χ1) is 13.9. The number of carbonyl (C=O) groups excluding carboxylic acids is 1. The van der Waals surface area contributed by atoms with Crippen molar-refractivity contribution in [2.45, 2.75) is 13.0 Å². The van der Waals surface area contributed by atoms with E-state index in [2.05, 4.69) is 27.0 Å². The highest BCUT2D eigenvalue weighted by molar-refractivity contribution is 9.10. The van der Waals surface area contributed by atoms with E-state index >= 15 is 0 Å². The number of rotatable bonds is 3. The maximum atomic E-state index is 12.6. The fraction of sp³-hybridized carbons (Fsp3) is 0.150. The highest BCUT2D eigenvalue weighted by atomic mass is 79.9. The largest absolute Gasteiger partial charge is 0.466 e. The number of amidine groups is 1. The second kappa shape index (κ2) is 7.46. The van der Waals surface area contributed by atoms with Gasteiger partial charge in [-0.05, 0) is 43.0 Å². The molecule has 2 aliphatic rings. The fourth-order valence-electron chi connectivity index (χ4n) is 3.25. The van der Waals surface area contributed by atoms with E-state index in [1.165, 1.54) is 18.9 Å². The molecule has 0 spiro atoms. The van der Waals surface area contributed by atoms with Crippen LogP contribution in [0.3, 0.4) is 0 Å². The minimum atomic E-state index is -0.683. The van der Waals surface area contributed by atoms with Gasteiger partial charge in [0.1, 0.15) is 34.4 Å². The number of hydrogen-bond acceptors (Lipinski definition) is 8. The Balaban J connectivity index is 1.83. The molecule has 0 saturated heterocycles. The molecule has 0 bridgehead atoms. The minimum absolute atomic E-state index is 0.233. The molecule has 2 aromatic rings. The summed E-state index contributed by atoms with van der Waals surface area (Å²) in [6.45, 7) is 1.73. The molecule has 0 unspecified atom stereocenters. The second-order valence-electron chi connectivity index (χ2n) is 6.29. The number of halogens is 1. The number of allylic oxidation sites excluding steroid dienone is 2. The van der Waals surface area contributed by atoms with Crippen molar-refractivity contribution >= 4 is 38.8 Å². The number of furan rings is 1. The molecule has 0 aliphatic carbocycles. The van der Waals surface area contributed by atoms with Crippen molar-refractivity contribution in [2.24, 2.45) is 10.7 Å². The summed E-state index contributed by atoms with van der Waals surface area (Å²) < 4.78 is 12.1. The van der Waals surface area contributed by atoms with Crippen LogP contribution in [-0.4, -0.2) is 23.1 Å². The molecule has 1 aromatic carbocycles. The van der Waals surface area contributed by atoms with E-state index in [0.717, 1.165) is 10.0 Å². The molecule has 0 amide bonds. The number of fused-ring (bicyclic) bond motifs is 1. The average molecular weight is 471 g/mol. The van der Waals surface area contributed by atoms with E-state index in [0.29, 0.717) is 32.9 Å². The monoisotopic (exact) mass is 470 g/mol. The molecular weight excluding hydrogens is 456 g/mol. The van der Waals surface area contributed by atoms with Crippen LogP contribution in [0.2, 0.25) is 0 Å². The first kappa shape index (κ1) is 19.4. The van der Waals surface area contributed by atoms with Crippen molar-refractivity contribution < 1.29 is 13.9 Å². The van der Waals surface area contributed by atoms with Gasteiger partial charge in [-0.15, -0.1) is 0 Å². The highest BCUT2D eigenvalue weighted by Crippen LogP contribution is 2.46. The van der Waals surface area contributed by atoms with Gasteiger partial charge in [-0.1, -0.05) is 28.1 Å². The van der Waals surface area contributed by atoms with Gasteiger partial charge in [-0.2, -0.15) is 5.26 Å². The second-order valence-corrected chi connectivity index (χ2v) is 8.19. The van der Waals surface area contributed by atoms with Gasteiger partial charge in [0.25, 0.3) is 0 Å². The molecule has 1 aromatic heterocycles. The number of ether oxygens (including phenoxy) is 1. The van der Waals surface area contributed by atoms with Gasteiger partial charge < -0.3 is 14.9 Å². The number of aliphatic imine (C=N–C) groups is 1. The Kier molecular flexibility index (Phi) is 4.98. The van der Waals surface area contributed by atoms with Crippen LogP contribution in [0.15, 0.2) is 72.3 Å². The van der Waals surface area contributed by atoms with Gasteiger partial charge in [0.05, 0.1) is 18.4 Å². The smallest absolute Gasteiger partial charge is 0.338 e. The summed E-state index contributed by atoms with van der Waals surface area (Å²) in [5.41, 5.74) is 7.92. The van der Waals surface area contributed by atoms with Gasteiger partial charge in [0, 0.05) is 10.0 Å². The highest BCUT2D eigenvalue weighted by Gasteiger charge is 2.44. The van der Waals surface area contributed by atoms with Crippen LogP contribution in [0.25, 0.3) is 11.3 Å². The maximum absolute atomic E-state index is 12.6. The van der Waals surface area contributed by atoms with Crippen LogP contribution in [0, 0.1) is 11.3 Å². The quantitative estimate of drug-likeness (QED) is 0.667. The summed E-state index contributed by atoms with van der Waals surface area (Å²) in [4.78, 5) is 19.0. The number of methoxy groups -OCH3 is 1. The van der Waals surface area contributed by atoms with Gasteiger partial charge >= 0.3 is 5.97 Å². The van der Waals surface area contributed by atoms with Crippen molar-refractivity contribution in [1.82, 2.24) is 4.90 Å². The Morgan fingerprint density at radius 1 is 1.34 bits per heavy atom. The zero-order valence-corrected chi connectivity index (χ0v) is 17.9. The van der Waals surface area contributed by atoms with Crippen LogP contribution in [-0.2, 0) is 9.53 Å². The number of esters is 1. The Hall–Kier alpha value is -2.96. The molecule has 2 aliphatic heterocycles. The summed E-state index contributed by atoms with van der Waals surface area (Å²) >= 11 is 4.59. The van der Waals surface area contributed by atoms with Crippen molar-refractivity contribution in [3.8, 4) is 17.4 Å². The molecule has 7 nitrogen and oxygen atoms in total. The van der Waals surface area contributed by atoms with Crippen molar-refractivity contribution in [3.63, 3.8) is 0 Å². The molecule has 0 fully saturated rings. The third kappa shape index (κ3) is 3.24. The van der Waals surface area contributed by atoms with E-state index in [9.17, 15) is 10.1 Å². The number of hydrogen-bond donors (Lipinski definition) is 1. The topological polar surface area (TPSA) is 105 Å². The van der Waals surface area contributed by atoms with E-state index in [1.54, 1.807) is 17.9 Å². The summed E-state index contributed by atoms with van der Waals surface area (Å²) in [5.74, 6) is 0.850. The van der Waals surface area contributed by atoms with Crippen molar-refractivity contribution in [1.29, 1.82) is 5.26 Å². The summed E-state index contributed by atoms with van der Waals surface area (Å²) in [5, 5.41) is 9.90. The molecule has 2 N–H and O–H groups in total. The Morgan fingerprint density at radius 3 is 2.72 bits per heavy atom. The lowest BCUT2D eigenvalue weighted by Crippen LogP contribution is -2.38. The normalized spacial score (nSPS) is 18.5. The first-order valence-electron chi connectivity index (χ1n) is 8.55. The molecule has 29 heavy (non-hydrogen) atoms. The zero-order chi connectivity index (χ0) is 20.7. The third-order valence-electron chi connectivity index (χ3n) is 4.61. The summed E-state index contributed by atoms with van der Waals surface area (Å²) in [7, 11) is 1.31. The van der Waals surface area contributed by atoms with E-state index in [4.69, 9.17) is 14.9 Å². The standard InChI is InChI=1S/C20H15BrN4O3S/c1-10-16(19(26)27-2)17(25-18(23)15(9-22)29-20(25)24-10)14-8-7-13(28-14)11-3-5-12(21)6-4-11/h3-8,17H,23H2,1-2H3/t17-/m0/s1. The number of nitrogens with two attached hydrogens (primary N) is 1. The molecule has 4 rings (SSSR count). The van der Waals surface area contributed by atoms with Gasteiger partial charge in [-0.25, -0.2) is 9.79 Å². The van der Waals surface area contributed by atoms with Crippen LogP contribution >= 0.6 is 27.7 Å². The Morgan fingerprint density at radius 2 is 2.07 bits per heavy atom. The summed E-state index contributed by atoms with van der Waals surface area (Å²) in [6.07, 6.45) is 0. The van der Waals surface area contributed by atoms with Gasteiger partial charge in [0.15, 0.2) is 5.17 Å². The molecule has 146 valence electrons. The number of nitrogens with zero attached hydrogens (tertiary/aromatic N) is 3. The predicted octanol–water partition coefficient (Wildman–Crippen LogP) is 4.27. The van der Waals surface area contributed by atoms with E-state index < -0.39 is 12.0 Å². The Bertz CT molecular complexity index is 1140. The lowest BCUT2D eigenvalue weighted by Gasteiger charge is -2.33. The van der Waals surface area contributed by atoms with Gasteiger partial charge in [0.2, 0.25) is 0 Å². The molecule has 9 heteroatoms. The molecule has 1 atom stereocenters. The lowest BCUT2D eigenvalue weighted by atomic mass is 10.00.